The number of nitrogens with zero attached hydrogens (tertiary/aromatic N) is 1. The van der Waals surface area contributed by atoms with Crippen molar-refractivity contribution in [2.24, 2.45) is 0 Å². The number of benzene rings is 1. The average Bonchev–Trinajstić information content (AvgIpc) is 2.90. The molecule has 1 aromatic heterocycles. The first-order chi connectivity index (χ1) is 10.1. The van der Waals surface area contributed by atoms with Crippen LogP contribution in [0.3, 0.4) is 0 Å². The lowest BCUT2D eigenvalue weighted by Gasteiger charge is -2.15. The Morgan fingerprint density at radius 3 is 2.86 bits per heavy atom. The van der Waals surface area contributed by atoms with Gasteiger partial charge in [-0.1, -0.05) is 43.8 Å². The van der Waals surface area contributed by atoms with E-state index in [2.05, 4.69) is 30.2 Å². The Bertz CT molecular complexity index is 610. The van der Waals surface area contributed by atoms with E-state index in [1.54, 1.807) is 11.3 Å². The van der Waals surface area contributed by atoms with Gasteiger partial charge in [0, 0.05) is 16.8 Å². The largest absolute Gasteiger partial charge is 0.325 e. The molecule has 0 saturated heterocycles. The molecular weight excluding hydrogens is 300 g/mol. The van der Waals surface area contributed by atoms with Crippen LogP contribution in [0.4, 0.5) is 5.69 Å². The van der Waals surface area contributed by atoms with Crippen LogP contribution in [0.2, 0.25) is 0 Å². The van der Waals surface area contributed by atoms with Gasteiger partial charge in [0.25, 0.3) is 0 Å². The van der Waals surface area contributed by atoms with Crippen LogP contribution in [-0.4, -0.2) is 16.6 Å². The van der Waals surface area contributed by atoms with E-state index in [-0.39, 0.29) is 5.91 Å². The van der Waals surface area contributed by atoms with Gasteiger partial charge in [0.1, 0.15) is 0 Å². The third-order valence-corrected chi connectivity index (χ3v) is 5.44. The van der Waals surface area contributed by atoms with Crippen molar-refractivity contribution in [1.29, 1.82) is 0 Å². The summed E-state index contributed by atoms with van der Waals surface area (Å²) < 4.78 is 0.942. The molecule has 1 unspecified atom stereocenters. The molecule has 1 N–H and O–H groups in total. The summed E-state index contributed by atoms with van der Waals surface area (Å²) in [6.07, 6.45) is 1.06. The lowest BCUT2D eigenvalue weighted by molar-refractivity contribution is -0.113. The molecule has 0 radical (unpaired) electrons. The fourth-order valence-corrected chi connectivity index (χ4v) is 3.62. The summed E-state index contributed by atoms with van der Waals surface area (Å²) in [4.78, 5) is 16.5. The maximum absolute atomic E-state index is 12.1. The van der Waals surface area contributed by atoms with Gasteiger partial charge >= 0.3 is 0 Å². The zero-order valence-corrected chi connectivity index (χ0v) is 14.2. The highest BCUT2D eigenvalue weighted by atomic mass is 32.2. The molecule has 2 aromatic rings. The lowest BCUT2D eigenvalue weighted by Crippen LogP contribution is -2.15. The van der Waals surface area contributed by atoms with E-state index in [9.17, 15) is 4.79 Å². The molecule has 112 valence electrons. The van der Waals surface area contributed by atoms with Crippen LogP contribution in [0.1, 0.15) is 37.4 Å². The third-order valence-electron chi connectivity index (χ3n) is 3.30. The second-order valence-electron chi connectivity index (χ2n) is 4.99. The van der Waals surface area contributed by atoms with Crippen LogP contribution < -0.4 is 5.32 Å². The summed E-state index contributed by atoms with van der Waals surface area (Å²) in [7, 11) is 0. The molecule has 5 heteroatoms. The predicted molar refractivity (Wildman–Crippen MR) is 91.4 cm³/mol. The highest BCUT2D eigenvalue weighted by Gasteiger charge is 2.11. The van der Waals surface area contributed by atoms with Crippen molar-refractivity contribution >= 4 is 34.7 Å². The van der Waals surface area contributed by atoms with Crippen LogP contribution in [0, 0.1) is 6.92 Å². The minimum atomic E-state index is 0.0172. The van der Waals surface area contributed by atoms with Gasteiger partial charge in [-0.3, -0.25) is 4.79 Å². The number of carbonyl (C=O) groups is 1. The van der Waals surface area contributed by atoms with Crippen molar-refractivity contribution in [3.63, 3.8) is 0 Å². The Kier molecular flexibility index (Phi) is 5.82. The van der Waals surface area contributed by atoms with Crippen molar-refractivity contribution < 1.29 is 4.79 Å². The van der Waals surface area contributed by atoms with Gasteiger partial charge < -0.3 is 5.32 Å². The summed E-state index contributed by atoms with van der Waals surface area (Å²) in [6.45, 7) is 6.30. The molecule has 21 heavy (non-hydrogen) atoms. The molecule has 0 aliphatic heterocycles. The summed E-state index contributed by atoms with van der Waals surface area (Å²) in [6, 6.07) is 8.03. The number of hydrogen-bond donors (Lipinski definition) is 1. The fourth-order valence-electron chi connectivity index (χ4n) is 1.97. The first-order valence-corrected chi connectivity index (χ1v) is 8.90. The zero-order valence-electron chi connectivity index (χ0n) is 12.6. The van der Waals surface area contributed by atoms with E-state index < -0.39 is 0 Å². The molecule has 0 saturated carbocycles. The SMILES string of the molecule is CCC(C)c1ccccc1NC(=O)CSc1nc(C)cs1. The zero-order chi connectivity index (χ0) is 15.2. The number of thiazole rings is 1. The Morgan fingerprint density at radius 2 is 2.19 bits per heavy atom. The quantitative estimate of drug-likeness (QED) is 0.785. The number of rotatable bonds is 6. The fraction of sp³-hybridized carbons (Fsp3) is 0.375. The number of anilines is 1. The monoisotopic (exact) mass is 320 g/mol. The second-order valence-corrected chi connectivity index (χ2v) is 7.07. The molecule has 0 fully saturated rings. The molecule has 1 aromatic carbocycles. The van der Waals surface area contributed by atoms with Crippen molar-refractivity contribution in [3.05, 3.63) is 40.9 Å². The minimum absolute atomic E-state index is 0.0172. The maximum Gasteiger partial charge on any atom is 0.234 e. The Morgan fingerprint density at radius 1 is 1.43 bits per heavy atom. The van der Waals surface area contributed by atoms with Gasteiger partial charge in [0.05, 0.1) is 5.75 Å². The number of hydrogen-bond acceptors (Lipinski definition) is 4. The van der Waals surface area contributed by atoms with Gasteiger partial charge in [0.15, 0.2) is 4.34 Å². The van der Waals surface area contributed by atoms with Crippen molar-refractivity contribution in [2.45, 2.75) is 37.4 Å². The van der Waals surface area contributed by atoms with Gasteiger partial charge in [-0.05, 0) is 30.9 Å². The summed E-state index contributed by atoms with van der Waals surface area (Å²) >= 11 is 3.07. The molecule has 1 atom stereocenters. The average molecular weight is 320 g/mol. The highest BCUT2D eigenvalue weighted by molar-refractivity contribution is 8.01. The summed E-state index contributed by atoms with van der Waals surface area (Å²) in [5, 5.41) is 5.02. The molecule has 0 aliphatic carbocycles. The molecular formula is C16H20N2OS2. The maximum atomic E-state index is 12.1. The summed E-state index contributed by atoms with van der Waals surface area (Å²) in [5.74, 6) is 0.848. The number of thioether (sulfide) groups is 1. The second kappa shape index (κ2) is 7.61. The van der Waals surface area contributed by atoms with Crippen LogP contribution in [0.25, 0.3) is 0 Å². The van der Waals surface area contributed by atoms with E-state index in [1.807, 2.05) is 30.5 Å². The Labute approximate surface area is 134 Å². The van der Waals surface area contributed by atoms with Crippen molar-refractivity contribution in [1.82, 2.24) is 4.98 Å². The molecule has 0 spiro atoms. The first kappa shape index (κ1) is 16.0. The number of amides is 1. The summed E-state index contributed by atoms with van der Waals surface area (Å²) in [5.41, 5.74) is 3.13. The molecule has 3 nitrogen and oxygen atoms in total. The number of aryl methyl sites for hydroxylation is 1. The van der Waals surface area contributed by atoms with Crippen LogP contribution in [0.5, 0.6) is 0 Å². The van der Waals surface area contributed by atoms with Gasteiger partial charge in [-0.15, -0.1) is 11.3 Å². The highest BCUT2D eigenvalue weighted by Crippen LogP contribution is 2.27. The molecule has 0 aliphatic rings. The molecule has 2 rings (SSSR count). The van der Waals surface area contributed by atoms with Crippen molar-refractivity contribution in [2.75, 3.05) is 11.1 Å². The Hall–Kier alpha value is -1.33. The van der Waals surface area contributed by atoms with E-state index >= 15 is 0 Å². The molecule has 0 bridgehead atoms. The van der Waals surface area contributed by atoms with Crippen LogP contribution in [0.15, 0.2) is 34.0 Å². The first-order valence-electron chi connectivity index (χ1n) is 7.03. The number of carbonyl (C=O) groups excluding carboxylic acids is 1. The van der Waals surface area contributed by atoms with E-state index in [4.69, 9.17) is 0 Å². The predicted octanol–water partition coefficient (Wildman–Crippen LogP) is 4.70. The smallest absolute Gasteiger partial charge is 0.234 e. The van der Waals surface area contributed by atoms with E-state index in [1.165, 1.54) is 17.3 Å². The Balaban J connectivity index is 1.96. The van der Waals surface area contributed by atoms with Gasteiger partial charge in [-0.2, -0.15) is 0 Å². The van der Waals surface area contributed by atoms with Gasteiger partial charge in [0.2, 0.25) is 5.91 Å². The van der Waals surface area contributed by atoms with Crippen LogP contribution >= 0.6 is 23.1 Å². The number of para-hydroxylation sites is 1. The van der Waals surface area contributed by atoms with Gasteiger partial charge in [-0.25, -0.2) is 4.98 Å². The third kappa shape index (κ3) is 4.58. The molecule has 1 amide bonds. The topological polar surface area (TPSA) is 42.0 Å². The lowest BCUT2D eigenvalue weighted by atomic mass is 9.97. The van der Waals surface area contributed by atoms with Crippen molar-refractivity contribution in [3.8, 4) is 0 Å². The van der Waals surface area contributed by atoms with E-state index in [0.29, 0.717) is 11.7 Å². The number of nitrogens with one attached hydrogen (secondary N) is 1. The molecule has 1 heterocycles. The standard InChI is InChI=1S/C16H20N2OS2/c1-4-11(2)13-7-5-6-8-14(13)18-15(19)10-21-16-17-12(3)9-20-16/h5-9,11H,4,10H2,1-3H3,(H,18,19). The normalized spacial score (nSPS) is 12.1. The van der Waals surface area contributed by atoms with E-state index in [0.717, 1.165) is 22.1 Å². The minimum Gasteiger partial charge on any atom is -0.325 e. The number of aromatic nitrogens is 1. The van der Waals surface area contributed by atoms with Crippen LogP contribution in [-0.2, 0) is 4.79 Å².